The van der Waals surface area contributed by atoms with Crippen LogP contribution in [0.1, 0.15) is 29.1 Å². The molecule has 0 aliphatic carbocycles. The van der Waals surface area contributed by atoms with Gasteiger partial charge in [0.2, 0.25) is 0 Å². The van der Waals surface area contributed by atoms with Crippen LogP contribution in [0.2, 0.25) is 0 Å². The Bertz CT molecular complexity index is 1060. The number of hydrogen-bond donors (Lipinski definition) is 1. The Morgan fingerprint density at radius 3 is 2.34 bits per heavy atom. The molecule has 2 aromatic carbocycles. The summed E-state index contributed by atoms with van der Waals surface area (Å²) < 4.78 is 55.3. The van der Waals surface area contributed by atoms with Crippen LogP contribution >= 0.6 is 0 Å². The molecule has 0 saturated carbocycles. The van der Waals surface area contributed by atoms with Crippen LogP contribution in [0.3, 0.4) is 0 Å². The second-order valence-electron chi connectivity index (χ2n) is 6.80. The molecule has 1 N–H and O–H groups in total. The van der Waals surface area contributed by atoms with Crippen molar-refractivity contribution in [2.24, 2.45) is 0 Å². The van der Waals surface area contributed by atoms with E-state index < -0.39 is 29.0 Å². The Kier molecular flexibility index (Phi) is 4.73. The molecular formula is C20H16F4N4O. The van der Waals surface area contributed by atoms with Crippen molar-refractivity contribution < 1.29 is 22.4 Å². The number of benzene rings is 2. The SMILES string of the molecule is C[C@@H]1CN(c2ccc(F)cc2)C(=O)c2cc(CNc3c(F)cc(F)cc3F)nn21. The number of rotatable bonds is 4. The topological polar surface area (TPSA) is 50.2 Å². The standard InChI is InChI=1S/C20H16F4N4O/c1-11-10-27(15-4-2-12(21)3-5-15)20(29)18-8-14(26-28(11)18)9-25-19-16(23)6-13(22)7-17(19)24/h2-8,11,25H,9-10H2,1H3/t11-/m1/s1. The van der Waals surface area contributed by atoms with Crippen LogP contribution in [0.25, 0.3) is 0 Å². The number of fused-ring (bicyclic) bond motifs is 1. The predicted molar refractivity (Wildman–Crippen MR) is 98.7 cm³/mol. The molecule has 150 valence electrons. The van der Waals surface area contributed by atoms with Crippen LogP contribution in [-0.4, -0.2) is 22.2 Å². The van der Waals surface area contributed by atoms with Gasteiger partial charge in [-0.05, 0) is 37.3 Å². The number of nitrogens with one attached hydrogen (secondary N) is 1. The van der Waals surface area contributed by atoms with Gasteiger partial charge in [-0.2, -0.15) is 5.10 Å². The van der Waals surface area contributed by atoms with E-state index >= 15 is 0 Å². The first-order chi connectivity index (χ1) is 13.8. The summed E-state index contributed by atoms with van der Waals surface area (Å²) in [6.45, 7) is 2.15. The fourth-order valence-electron chi connectivity index (χ4n) is 3.32. The Hall–Kier alpha value is -3.36. The highest BCUT2D eigenvalue weighted by Gasteiger charge is 2.31. The quantitative estimate of drug-likeness (QED) is 0.661. The molecule has 4 rings (SSSR count). The molecule has 1 atom stereocenters. The van der Waals surface area contributed by atoms with Gasteiger partial charge < -0.3 is 10.2 Å². The fraction of sp³-hybridized carbons (Fsp3) is 0.200. The number of carbonyl (C=O) groups is 1. The zero-order chi connectivity index (χ0) is 20.7. The molecule has 0 spiro atoms. The summed E-state index contributed by atoms with van der Waals surface area (Å²) in [7, 11) is 0. The second-order valence-corrected chi connectivity index (χ2v) is 6.80. The molecular weight excluding hydrogens is 388 g/mol. The zero-order valence-electron chi connectivity index (χ0n) is 15.3. The Morgan fingerprint density at radius 2 is 1.69 bits per heavy atom. The fourth-order valence-corrected chi connectivity index (χ4v) is 3.32. The largest absolute Gasteiger partial charge is 0.375 e. The average Bonchev–Trinajstić information content (AvgIpc) is 3.10. The van der Waals surface area contributed by atoms with Gasteiger partial charge in [-0.1, -0.05) is 0 Å². The highest BCUT2D eigenvalue weighted by molar-refractivity contribution is 6.05. The summed E-state index contributed by atoms with van der Waals surface area (Å²) >= 11 is 0. The molecule has 1 aliphatic heterocycles. The Morgan fingerprint density at radius 1 is 1.03 bits per heavy atom. The molecule has 0 unspecified atom stereocenters. The number of aromatic nitrogens is 2. The van der Waals surface area contributed by atoms with Gasteiger partial charge in [-0.25, -0.2) is 17.6 Å². The van der Waals surface area contributed by atoms with Crippen molar-refractivity contribution in [2.75, 3.05) is 16.8 Å². The molecule has 0 radical (unpaired) electrons. The summed E-state index contributed by atoms with van der Waals surface area (Å²) in [5.74, 6) is -3.84. The van der Waals surface area contributed by atoms with Crippen molar-refractivity contribution in [3.05, 3.63) is 77.1 Å². The third-order valence-corrected chi connectivity index (χ3v) is 4.71. The van der Waals surface area contributed by atoms with Crippen molar-refractivity contribution in [1.82, 2.24) is 9.78 Å². The summed E-state index contributed by atoms with van der Waals surface area (Å²) in [6.07, 6.45) is 0. The molecule has 0 bridgehead atoms. The average molecular weight is 404 g/mol. The first kappa shape index (κ1) is 19.0. The van der Waals surface area contributed by atoms with E-state index in [9.17, 15) is 22.4 Å². The van der Waals surface area contributed by atoms with E-state index in [-0.39, 0.29) is 18.5 Å². The van der Waals surface area contributed by atoms with Gasteiger partial charge in [0.05, 0.1) is 18.3 Å². The number of amides is 1. The van der Waals surface area contributed by atoms with E-state index in [0.29, 0.717) is 35.8 Å². The van der Waals surface area contributed by atoms with Crippen LogP contribution < -0.4 is 10.2 Å². The van der Waals surface area contributed by atoms with Crippen LogP contribution in [0, 0.1) is 23.3 Å². The monoisotopic (exact) mass is 404 g/mol. The molecule has 29 heavy (non-hydrogen) atoms. The Balaban J connectivity index is 1.57. The molecule has 0 fully saturated rings. The van der Waals surface area contributed by atoms with E-state index in [1.54, 1.807) is 4.68 Å². The lowest BCUT2D eigenvalue weighted by Gasteiger charge is -2.31. The maximum Gasteiger partial charge on any atom is 0.276 e. The van der Waals surface area contributed by atoms with Crippen LogP contribution in [0.15, 0.2) is 42.5 Å². The van der Waals surface area contributed by atoms with Crippen molar-refractivity contribution >= 4 is 17.3 Å². The zero-order valence-corrected chi connectivity index (χ0v) is 15.3. The van der Waals surface area contributed by atoms with Gasteiger partial charge in [-0.3, -0.25) is 9.48 Å². The number of nitrogens with zero attached hydrogens (tertiary/aromatic N) is 3. The van der Waals surface area contributed by atoms with E-state index in [0.717, 1.165) is 0 Å². The first-order valence-corrected chi connectivity index (χ1v) is 8.88. The highest BCUT2D eigenvalue weighted by Crippen LogP contribution is 2.27. The summed E-state index contributed by atoms with van der Waals surface area (Å²) in [4.78, 5) is 14.4. The third kappa shape index (κ3) is 3.55. The van der Waals surface area contributed by atoms with Gasteiger partial charge in [-0.15, -0.1) is 0 Å². The third-order valence-electron chi connectivity index (χ3n) is 4.71. The lowest BCUT2D eigenvalue weighted by atomic mass is 10.1. The molecule has 1 aromatic heterocycles. The van der Waals surface area contributed by atoms with Crippen molar-refractivity contribution in [3.8, 4) is 0 Å². The van der Waals surface area contributed by atoms with E-state index in [2.05, 4.69) is 10.4 Å². The number of carbonyl (C=O) groups excluding carboxylic acids is 1. The molecule has 5 nitrogen and oxygen atoms in total. The molecule has 1 amide bonds. The lowest BCUT2D eigenvalue weighted by Crippen LogP contribution is -2.42. The lowest BCUT2D eigenvalue weighted by molar-refractivity contribution is 0.0953. The van der Waals surface area contributed by atoms with Crippen LogP contribution in [-0.2, 0) is 6.54 Å². The minimum absolute atomic E-state index is 0.0595. The minimum Gasteiger partial charge on any atom is -0.375 e. The normalized spacial score (nSPS) is 16.1. The van der Waals surface area contributed by atoms with Crippen molar-refractivity contribution in [3.63, 3.8) is 0 Å². The molecule has 0 saturated heterocycles. The van der Waals surface area contributed by atoms with Crippen LogP contribution in [0.4, 0.5) is 28.9 Å². The molecule has 1 aliphatic rings. The minimum atomic E-state index is -1.06. The maximum atomic E-state index is 13.8. The smallest absolute Gasteiger partial charge is 0.276 e. The van der Waals surface area contributed by atoms with Crippen molar-refractivity contribution in [1.29, 1.82) is 0 Å². The maximum absolute atomic E-state index is 13.8. The first-order valence-electron chi connectivity index (χ1n) is 8.88. The number of hydrogen-bond acceptors (Lipinski definition) is 3. The van der Waals surface area contributed by atoms with E-state index in [4.69, 9.17) is 0 Å². The van der Waals surface area contributed by atoms with Gasteiger partial charge in [0.25, 0.3) is 5.91 Å². The predicted octanol–water partition coefficient (Wildman–Crippen LogP) is 4.27. The molecule has 2 heterocycles. The summed E-state index contributed by atoms with van der Waals surface area (Å²) in [6, 6.07) is 8.12. The van der Waals surface area contributed by atoms with Gasteiger partial charge in [0.1, 0.15) is 23.0 Å². The summed E-state index contributed by atoms with van der Waals surface area (Å²) in [5.41, 5.74) is 0.796. The van der Waals surface area contributed by atoms with Crippen molar-refractivity contribution in [2.45, 2.75) is 19.5 Å². The van der Waals surface area contributed by atoms with E-state index in [1.807, 2.05) is 6.92 Å². The van der Waals surface area contributed by atoms with E-state index in [1.165, 1.54) is 35.2 Å². The second kappa shape index (κ2) is 7.23. The number of anilines is 2. The van der Waals surface area contributed by atoms with Gasteiger partial charge in [0, 0.05) is 24.4 Å². The Labute approximate surface area is 163 Å². The van der Waals surface area contributed by atoms with Gasteiger partial charge in [0.15, 0.2) is 11.6 Å². The highest BCUT2D eigenvalue weighted by atomic mass is 19.1. The number of halogens is 4. The van der Waals surface area contributed by atoms with Crippen LogP contribution in [0.5, 0.6) is 0 Å². The van der Waals surface area contributed by atoms with Gasteiger partial charge >= 0.3 is 0 Å². The molecule has 3 aromatic rings. The summed E-state index contributed by atoms with van der Waals surface area (Å²) in [5, 5.41) is 6.90. The molecule has 9 heteroatoms.